The van der Waals surface area contributed by atoms with Crippen molar-refractivity contribution in [2.75, 3.05) is 0 Å². The highest BCUT2D eigenvalue weighted by atomic mass is 32.1. The average molecular weight is 1140 g/mol. The number of benzene rings is 14. The molecule has 3 nitrogen and oxygen atoms in total. The molecule has 20 aromatic rings. The topological polar surface area (TPSA) is 14.8 Å². The fourth-order valence-electron chi connectivity index (χ4n) is 15.0. The van der Waals surface area contributed by atoms with E-state index in [2.05, 4.69) is 287 Å². The summed E-state index contributed by atoms with van der Waals surface area (Å²) in [6.07, 6.45) is 0. The minimum Gasteiger partial charge on any atom is -0.309 e. The average Bonchev–Trinajstić information content (AvgIpc) is 2.08. The van der Waals surface area contributed by atoms with Crippen molar-refractivity contribution in [3.8, 4) is 39.3 Å². The van der Waals surface area contributed by atoms with Crippen LogP contribution in [0.2, 0.25) is 0 Å². The summed E-state index contributed by atoms with van der Waals surface area (Å²) in [5, 5.41) is 20.5. The SMILES string of the molecule is c1ccc(-n2c3cc4sc5ccccc5c4cc3c3c(-c4ccc(-n5c6ccccc6c6c7c(ccc65)sc5cc(-c6ccc8c(c6)sc6ccc9c%10ccccc%10n(-c%10cccc%11ccccc%10%11)c9c68)ccc57)c5ccccc45)cccc32)cc1. The van der Waals surface area contributed by atoms with Crippen LogP contribution in [0.1, 0.15) is 0 Å². The smallest absolute Gasteiger partial charge is 0.0634 e. The quantitative estimate of drug-likeness (QED) is 0.163. The van der Waals surface area contributed by atoms with Crippen LogP contribution in [0.25, 0.3) is 187 Å². The Bertz CT molecular complexity index is 6330. The van der Waals surface area contributed by atoms with Gasteiger partial charge in [0.15, 0.2) is 0 Å². The summed E-state index contributed by atoms with van der Waals surface area (Å²) < 4.78 is 15.3. The highest BCUT2D eigenvalue weighted by Gasteiger charge is 2.25. The van der Waals surface area contributed by atoms with E-state index in [1.807, 2.05) is 34.0 Å². The minimum atomic E-state index is 1.16. The largest absolute Gasteiger partial charge is 0.309 e. The van der Waals surface area contributed by atoms with Crippen LogP contribution in [-0.4, -0.2) is 13.7 Å². The first-order valence-electron chi connectivity index (χ1n) is 29.4. The van der Waals surface area contributed by atoms with Gasteiger partial charge in [-0.25, -0.2) is 0 Å². The van der Waals surface area contributed by atoms with Gasteiger partial charge in [0.2, 0.25) is 0 Å². The highest BCUT2D eigenvalue weighted by molar-refractivity contribution is 7.27. The number of hydrogen-bond acceptors (Lipinski definition) is 3. The van der Waals surface area contributed by atoms with Crippen LogP contribution in [0.5, 0.6) is 0 Å². The lowest BCUT2D eigenvalue weighted by atomic mass is 9.93. The first kappa shape index (κ1) is 47.1. The molecule has 0 fully saturated rings. The van der Waals surface area contributed by atoms with Crippen molar-refractivity contribution < 1.29 is 0 Å². The zero-order valence-corrected chi connectivity index (χ0v) is 48.5. The van der Waals surface area contributed by atoms with Crippen LogP contribution >= 0.6 is 34.0 Å². The molecule has 6 aromatic heterocycles. The van der Waals surface area contributed by atoms with Crippen molar-refractivity contribution in [2.45, 2.75) is 0 Å². The third kappa shape index (κ3) is 6.44. The molecule has 398 valence electrons. The van der Waals surface area contributed by atoms with E-state index in [9.17, 15) is 0 Å². The molecule has 6 heteroatoms. The van der Waals surface area contributed by atoms with Gasteiger partial charge in [0.25, 0.3) is 0 Å². The summed E-state index contributed by atoms with van der Waals surface area (Å²) in [6, 6.07) is 103. The molecule has 14 aromatic carbocycles. The molecule has 0 saturated heterocycles. The fraction of sp³-hybridized carbons (Fsp3) is 0. The van der Waals surface area contributed by atoms with Crippen LogP contribution in [0.4, 0.5) is 0 Å². The maximum atomic E-state index is 2.53. The van der Waals surface area contributed by atoms with Crippen molar-refractivity contribution >= 4 is 181 Å². The van der Waals surface area contributed by atoms with E-state index in [-0.39, 0.29) is 0 Å². The Kier molecular flexibility index (Phi) is 9.64. The summed E-state index contributed by atoms with van der Waals surface area (Å²) in [4.78, 5) is 0. The number of nitrogens with zero attached hydrogens (tertiary/aromatic N) is 3. The summed E-state index contributed by atoms with van der Waals surface area (Å²) >= 11 is 5.69. The van der Waals surface area contributed by atoms with Crippen LogP contribution in [-0.2, 0) is 0 Å². The van der Waals surface area contributed by atoms with Gasteiger partial charge in [0.1, 0.15) is 0 Å². The third-order valence-electron chi connectivity index (χ3n) is 18.6. The third-order valence-corrected chi connectivity index (χ3v) is 22.0. The molecular formula is C80H45N3S3. The van der Waals surface area contributed by atoms with Crippen LogP contribution in [0.15, 0.2) is 273 Å². The first-order valence-corrected chi connectivity index (χ1v) is 31.8. The molecule has 0 spiro atoms. The summed E-state index contributed by atoms with van der Waals surface area (Å²) in [6.45, 7) is 0. The van der Waals surface area contributed by atoms with E-state index in [4.69, 9.17) is 0 Å². The molecule has 0 aliphatic carbocycles. The Morgan fingerprint density at radius 3 is 1.63 bits per heavy atom. The Morgan fingerprint density at radius 2 is 0.802 bits per heavy atom. The molecule has 6 heterocycles. The molecule has 20 rings (SSSR count). The predicted octanol–water partition coefficient (Wildman–Crippen LogP) is 23.7. The molecule has 0 aliphatic rings. The summed E-state index contributed by atoms with van der Waals surface area (Å²) in [5.41, 5.74) is 15.8. The van der Waals surface area contributed by atoms with Gasteiger partial charge in [-0.3, -0.25) is 0 Å². The Hall–Kier alpha value is -10.3. The Labute approximate surface area is 503 Å². The van der Waals surface area contributed by atoms with E-state index in [0.29, 0.717) is 0 Å². The normalized spacial score (nSPS) is 12.4. The molecule has 0 atom stereocenters. The Balaban J connectivity index is 0.740. The second-order valence-corrected chi connectivity index (χ2v) is 26.3. The summed E-state index contributed by atoms with van der Waals surface area (Å²) in [7, 11) is 0. The number of hydrogen-bond donors (Lipinski definition) is 0. The number of rotatable bonds is 5. The van der Waals surface area contributed by atoms with Crippen molar-refractivity contribution in [3.63, 3.8) is 0 Å². The monoisotopic (exact) mass is 1140 g/mol. The molecule has 0 unspecified atom stereocenters. The van der Waals surface area contributed by atoms with E-state index >= 15 is 0 Å². The van der Waals surface area contributed by atoms with Gasteiger partial charge in [-0.15, -0.1) is 34.0 Å². The first-order chi connectivity index (χ1) is 42.7. The second kappa shape index (κ2) is 17.6. The van der Waals surface area contributed by atoms with Crippen molar-refractivity contribution in [1.29, 1.82) is 0 Å². The molecule has 0 aliphatic heterocycles. The molecule has 86 heavy (non-hydrogen) atoms. The van der Waals surface area contributed by atoms with E-state index in [1.165, 1.54) is 181 Å². The number of para-hydroxylation sites is 3. The van der Waals surface area contributed by atoms with Crippen LogP contribution < -0.4 is 0 Å². The van der Waals surface area contributed by atoms with E-state index in [1.54, 1.807) is 0 Å². The summed E-state index contributed by atoms with van der Waals surface area (Å²) in [5.74, 6) is 0. The lowest BCUT2D eigenvalue weighted by Crippen LogP contribution is -1.96. The van der Waals surface area contributed by atoms with E-state index < -0.39 is 0 Å². The van der Waals surface area contributed by atoms with E-state index in [0.717, 1.165) is 5.69 Å². The lowest BCUT2D eigenvalue weighted by Gasteiger charge is -2.16. The number of thiophene rings is 3. The van der Waals surface area contributed by atoms with Gasteiger partial charge < -0.3 is 13.7 Å². The van der Waals surface area contributed by atoms with Crippen molar-refractivity contribution in [2.24, 2.45) is 0 Å². The lowest BCUT2D eigenvalue weighted by molar-refractivity contribution is 1.18. The van der Waals surface area contributed by atoms with Crippen molar-refractivity contribution in [1.82, 2.24) is 13.7 Å². The van der Waals surface area contributed by atoms with Crippen LogP contribution in [0, 0.1) is 0 Å². The molecular weight excluding hydrogens is 1100 g/mol. The van der Waals surface area contributed by atoms with Gasteiger partial charge >= 0.3 is 0 Å². The minimum absolute atomic E-state index is 1.16. The van der Waals surface area contributed by atoms with Gasteiger partial charge in [-0.1, -0.05) is 182 Å². The predicted molar refractivity (Wildman–Crippen MR) is 374 cm³/mol. The second-order valence-electron chi connectivity index (χ2n) is 23.0. The zero-order chi connectivity index (χ0) is 55.9. The van der Waals surface area contributed by atoms with Gasteiger partial charge in [-0.05, 0) is 124 Å². The number of fused-ring (bicyclic) bond motifs is 22. The fourth-order valence-corrected chi connectivity index (χ4v) is 18.4. The van der Waals surface area contributed by atoms with Gasteiger partial charge in [0, 0.05) is 109 Å². The molecule has 0 radical (unpaired) electrons. The molecule has 0 amide bonds. The molecule has 0 bridgehead atoms. The maximum absolute atomic E-state index is 2.53. The highest BCUT2D eigenvalue weighted by Crippen LogP contribution is 2.50. The van der Waals surface area contributed by atoms with Gasteiger partial charge in [-0.2, -0.15) is 0 Å². The molecule has 0 N–H and O–H groups in total. The zero-order valence-electron chi connectivity index (χ0n) is 46.0. The van der Waals surface area contributed by atoms with Gasteiger partial charge in [0.05, 0.1) is 44.5 Å². The standard InChI is InChI=1S/C80H45N3S3/c1-2-18-49(19-3-1)81-67-30-15-26-56(76(67)62-44-61-55-24-10-13-31-70(55)84-75(61)45-69(62)81)52-36-38-66(53-22-7-6-21-51(52)53)82-65-28-12-9-25-58(65)77-68(82)39-41-71-78(77)59-34-32-47(42-73(59)85-71)48-33-35-60-74(43-48)86-72-40-37-57-54-23-8-11-27-64(54)83(80(57)79(60)72)63-29-14-17-46-16-4-5-20-50(46)63/h1-45H. The molecule has 0 saturated carbocycles. The van der Waals surface area contributed by atoms with Crippen molar-refractivity contribution in [3.05, 3.63) is 273 Å². The van der Waals surface area contributed by atoms with Crippen LogP contribution in [0.3, 0.4) is 0 Å². The maximum Gasteiger partial charge on any atom is 0.0634 e. The number of aromatic nitrogens is 3. The Morgan fingerprint density at radius 1 is 0.221 bits per heavy atom.